The largest absolute Gasteiger partial charge is 0.486 e. The number of amides is 1. The molecule has 1 fully saturated rings. The van der Waals surface area contributed by atoms with Crippen molar-refractivity contribution in [3.05, 3.63) is 24.3 Å². The Kier molecular flexibility index (Phi) is 4.99. The van der Waals surface area contributed by atoms with E-state index in [1.54, 1.807) is 24.3 Å². The van der Waals surface area contributed by atoms with Gasteiger partial charge in [-0.2, -0.15) is 0 Å². The third-order valence-corrected chi connectivity index (χ3v) is 3.28. The fourth-order valence-corrected chi connectivity index (χ4v) is 2.06. The van der Waals surface area contributed by atoms with Crippen LogP contribution in [0.3, 0.4) is 0 Å². The van der Waals surface area contributed by atoms with E-state index in [0.29, 0.717) is 18.0 Å². The maximum absolute atomic E-state index is 12.0. The molecule has 1 aromatic carbocycles. The van der Waals surface area contributed by atoms with Gasteiger partial charge in [0.2, 0.25) is 0 Å². The molecule has 0 spiro atoms. The second kappa shape index (κ2) is 6.94. The number of carbonyl (C=O) groups excluding carboxylic acids is 1. The summed E-state index contributed by atoms with van der Waals surface area (Å²) in [6, 6.07) is 6.83. The summed E-state index contributed by atoms with van der Waals surface area (Å²) in [5.74, 6) is 0.642. The number of hydrogen-bond acceptors (Lipinski definition) is 5. The highest BCUT2D eigenvalue weighted by Crippen LogP contribution is 2.22. The van der Waals surface area contributed by atoms with E-state index in [9.17, 15) is 4.79 Å². The Hall–Kier alpha value is -2.28. The van der Waals surface area contributed by atoms with Gasteiger partial charge in [-0.25, -0.2) is 0 Å². The van der Waals surface area contributed by atoms with E-state index in [2.05, 4.69) is 10.5 Å². The van der Waals surface area contributed by atoms with Crippen LogP contribution in [0.25, 0.3) is 0 Å². The van der Waals surface area contributed by atoms with Crippen molar-refractivity contribution in [2.45, 2.75) is 19.4 Å². The molecule has 0 aliphatic carbocycles. The van der Waals surface area contributed by atoms with Crippen molar-refractivity contribution in [2.75, 3.05) is 18.5 Å². The number of benzene rings is 1. The van der Waals surface area contributed by atoms with E-state index in [1.165, 1.54) is 0 Å². The maximum Gasteiger partial charge on any atom is 0.253 e. The van der Waals surface area contributed by atoms with E-state index < -0.39 is 0 Å². The molecule has 7 heteroatoms. The van der Waals surface area contributed by atoms with Gasteiger partial charge in [-0.05, 0) is 36.6 Å². The average Bonchev–Trinajstić information content (AvgIpc) is 2.92. The van der Waals surface area contributed by atoms with Crippen molar-refractivity contribution in [1.29, 1.82) is 0 Å². The lowest BCUT2D eigenvalue weighted by molar-refractivity contribution is -0.126. The number of anilines is 1. The van der Waals surface area contributed by atoms with Crippen LogP contribution in [-0.4, -0.2) is 36.3 Å². The highest BCUT2D eigenvalue weighted by Gasteiger charge is 2.30. The van der Waals surface area contributed by atoms with E-state index in [4.69, 9.17) is 20.4 Å². The Morgan fingerprint density at radius 1 is 1.52 bits per heavy atom. The zero-order valence-corrected chi connectivity index (χ0v) is 11.8. The molecule has 21 heavy (non-hydrogen) atoms. The number of carbonyl (C=O) groups is 1. The molecule has 1 heterocycles. The summed E-state index contributed by atoms with van der Waals surface area (Å²) < 4.78 is 10.7. The molecule has 0 saturated carbocycles. The normalized spacial score (nSPS) is 22.0. The molecule has 1 aromatic rings. The average molecular weight is 293 g/mol. The second-order valence-electron chi connectivity index (χ2n) is 4.95. The highest BCUT2D eigenvalue weighted by atomic mass is 16.5. The van der Waals surface area contributed by atoms with Crippen molar-refractivity contribution in [1.82, 2.24) is 0 Å². The maximum atomic E-state index is 12.0. The van der Waals surface area contributed by atoms with Gasteiger partial charge in [0.05, 0.1) is 0 Å². The van der Waals surface area contributed by atoms with Gasteiger partial charge in [-0.1, -0.05) is 12.1 Å². The fourth-order valence-electron chi connectivity index (χ4n) is 2.06. The van der Waals surface area contributed by atoms with Gasteiger partial charge >= 0.3 is 0 Å². The van der Waals surface area contributed by atoms with E-state index in [1.807, 2.05) is 6.92 Å². The minimum atomic E-state index is -0.388. The zero-order chi connectivity index (χ0) is 15.2. The number of ether oxygens (including phenoxy) is 2. The summed E-state index contributed by atoms with van der Waals surface area (Å²) in [5.41, 5.74) is 5.97. The summed E-state index contributed by atoms with van der Waals surface area (Å²) in [6.07, 6.45) is 0.514. The van der Waals surface area contributed by atoms with Gasteiger partial charge in [0.25, 0.3) is 5.91 Å². The summed E-state index contributed by atoms with van der Waals surface area (Å²) in [6.45, 7) is 2.62. The van der Waals surface area contributed by atoms with Gasteiger partial charge in [-0.15, -0.1) is 0 Å². The first-order valence-electron chi connectivity index (χ1n) is 6.72. The van der Waals surface area contributed by atoms with Crippen LogP contribution in [-0.2, 0) is 9.53 Å². The topological polar surface area (TPSA) is 106 Å². The Labute approximate surface area is 122 Å². The molecule has 1 aliphatic heterocycles. The first kappa shape index (κ1) is 15.1. The Morgan fingerprint density at radius 2 is 2.24 bits per heavy atom. The number of nitrogens with one attached hydrogen (secondary N) is 1. The lowest BCUT2D eigenvalue weighted by Gasteiger charge is -2.14. The molecule has 2 unspecified atom stereocenters. The summed E-state index contributed by atoms with van der Waals surface area (Å²) in [7, 11) is 0. The molecular formula is C14H19N3O4. The predicted octanol–water partition coefficient (Wildman–Crippen LogP) is 1.18. The van der Waals surface area contributed by atoms with Crippen LogP contribution in [0.15, 0.2) is 29.4 Å². The van der Waals surface area contributed by atoms with Crippen LogP contribution in [0.1, 0.15) is 13.3 Å². The summed E-state index contributed by atoms with van der Waals surface area (Å²) in [4.78, 5) is 12.0. The van der Waals surface area contributed by atoms with Crippen LogP contribution < -0.4 is 15.8 Å². The number of nitrogens with zero attached hydrogens (tertiary/aromatic N) is 1. The Balaban J connectivity index is 1.88. The summed E-state index contributed by atoms with van der Waals surface area (Å²) in [5, 5.41) is 14.0. The number of oxime groups is 1. The first-order chi connectivity index (χ1) is 10.1. The molecule has 7 nitrogen and oxygen atoms in total. The lowest BCUT2D eigenvalue weighted by Crippen LogP contribution is -2.31. The van der Waals surface area contributed by atoms with Gasteiger partial charge < -0.3 is 25.7 Å². The SMILES string of the molecule is CC1CCOC1C(=O)Nc1ccc(OC/C(N)=N/O)cc1. The first-order valence-corrected chi connectivity index (χ1v) is 6.72. The number of hydrogen-bond donors (Lipinski definition) is 3. The minimum absolute atomic E-state index is 0.00433. The highest BCUT2D eigenvalue weighted by molar-refractivity contribution is 5.94. The van der Waals surface area contributed by atoms with Crippen molar-refractivity contribution in [3.63, 3.8) is 0 Å². The summed E-state index contributed by atoms with van der Waals surface area (Å²) >= 11 is 0. The third kappa shape index (κ3) is 4.09. The smallest absolute Gasteiger partial charge is 0.253 e. The Bertz CT molecular complexity index is 515. The molecule has 0 bridgehead atoms. The molecule has 0 aromatic heterocycles. The van der Waals surface area contributed by atoms with Crippen molar-refractivity contribution in [2.24, 2.45) is 16.8 Å². The zero-order valence-electron chi connectivity index (χ0n) is 11.8. The van der Waals surface area contributed by atoms with Crippen molar-refractivity contribution >= 4 is 17.4 Å². The number of rotatable bonds is 5. The minimum Gasteiger partial charge on any atom is -0.486 e. The molecule has 1 amide bonds. The van der Waals surface area contributed by atoms with Crippen LogP contribution in [0, 0.1) is 5.92 Å². The third-order valence-electron chi connectivity index (χ3n) is 3.28. The predicted molar refractivity (Wildman–Crippen MR) is 77.5 cm³/mol. The monoisotopic (exact) mass is 293 g/mol. The molecule has 0 radical (unpaired) electrons. The van der Waals surface area contributed by atoms with Crippen LogP contribution in [0.5, 0.6) is 5.75 Å². The van der Waals surface area contributed by atoms with Crippen LogP contribution in [0.4, 0.5) is 5.69 Å². The molecule has 2 atom stereocenters. The van der Waals surface area contributed by atoms with E-state index >= 15 is 0 Å². The Morgan fingerprint density at radius 3 is 2.81 bits per heavy atom. The van der Waals surface area contributed by atoms with Gasteiger partial charge in [-0.3, -0.25) is 4.79 Å². The molecule has 1 aliphatic rings. The standard InChI is InChI=1S/C14H19N3O4/c1-9-6-7-20-13(9)14(18)16-10-2-4-11(5-3-10)21-8-12(15)17-19/h2-5,9,13,19H,6-8H2,1H3,(H2,15,17)(H,16,18). The van der Waals surface area contributed by atoms with Crippen molar-refractivity contribution in [3.8, 4) is 5.75 Å². The second-order valence-corrected chi connectivity index (χ2v) is 4.95. The van der Waals surface area contributed by atoms with Crippen LogP contribution >= 0.6 is 0 Å². The van der Waals surface area contributed by atoms with Crippen LogP contribution in [0.2, 0.25) is 0 Å². The molecule has 114 valence electrons. The number of nitrogens with two attached hydrogens (primary N) is 1. The van der Waals surface area contributed by atoms with Crippen molar-refractivity contribution < 1.29 is 19.5 Å². The lowest BCUT2D eigenvalue weighted by atomic mass is 10.0. The van der Waals surface area contributed by atoms with Gasteiger partial charge in [0.1, 0.15) is 18.5 Å². The molecule has 1 saturated heterocycles. The molecule has 2 rings (SSSR count). The van der Waals surface area contributed by atoms with E-state index in [-0.39, 0.29) is 30.4 Å². The van der Waals surface area contributed by atoms with Gasteiger partial charge in [0.15, 0.2) is 5.84 Å². The molecule has 4 N–H and O–H groups in total. The van der Waals surface area contributed by atoms with Gasteiger partial charge in [0, 0.05) is 12.3 Å². The van der Waals surface area contributed by atoms with E-state index in [0.717, 1.165) is 6.42 Å². The fraction of sp³-hybridized carbons (Fsp3) is 0.429. The molecular weight excluding hydrogens is 274 g/mol. The quantitative estimate of drug-likeness (QED) is 0.327. The number of amidine groups is 1.